The smallest absolute Gasteiger partial charge is 0.337 e. The van der Waals surface area contributed by atoms with Crippen LogP contribution < -0.4 is 10.1 Å². The van der Waals surface area contributed by atoms with Gasteiger partial charge in [-0.25, -0.2) is 14.5 Å². The molecular formula is C17H24N4O5. The number of carboxylic acids is 1. The molecule has 2 rings (SSSR count). The van der Waals surface area contributed by atoms with Gasteiger partial charge in [-0.2, -0.15) is 0 Å². The van der Waals surface area contributed by atoms with Gasteiger partial charge in [0.15, 0.2) is 11.2 Å². The minimum absolute atomic E-state index is 0.146. The third-order valence-corrected chi connectivity index (χ3v) is 4.41. The fourth-order valence-corrected chi connectivity index (χ4v) is 2.78. The molecule has 142 valence electrons. The van der Waals surface area contributed by atoms with Gasteiger partial charge >= 0.3 is 5.97 Å². The van der Waals surface area contributed by atoms with E-state index >= 15 is 0 Å². The molecule has 2 heterocycles. The van der Waals surface area contributed by atoms with E-state index in [0.717, 1.165) is 29.1 Å². The van der Waals surface area contributed by atoms with Crippen molar-refractivity contribution in [2.75, 3.05) is 13.7 Å². The number of carbonyl (C=O) groups is 2. The van der Waals surface area contributed by atoms with Crippen LogP contribution in [0.1, 0.15) is 30.2 Å². The molecule has 0 saturated heterocycles. The van der Waals surface area contributed by atoms with Crippen LogP contribution in [0.3, 0.4) is 0 Å². The zero-order valence-corrected chi connectivity index (χ0v) is 15.6. The van der Waals surface area contributed by atoms with Crippen LogP contribution in [0.15, 0.2) is 0 Å². The summed E-state index contributed by atoms with van der Waals surface area (Å²) in [7, 11) is 3.33. The van der Waals surface area contributed by atoms with Gasteiger partial charge < -0.3 is 20.3 Å². The lowest BCUT2D eigenvalue weighted by molar-refractivity contribution is -0.156. The number of carbonyl (C=O) groups excluding carboxylic acids is 1. The van der Waals surface area contributed by atoms with Gasteiger partial charge in [0.1, 0.15) is 0 Å². The number of aliphatic carboxylic acids is 1. The maximum atomic E-state index is 12.0. The zero-order valence-electron chi connectivity index (χ0n) is 15.6. The highest BCUT2D eigenvalue weighted by molar-refractivity contribution is 5.86. The van der Waals surface area contributed by atoms with Crippen molar-refractivity contribution in [3.05, 3.63) is 16.8 Å². The largest absolute Gasteiger partial charge is 0.479 e. The molecule has 0 aliphatic rings. The number of nitrogens with zero attached hydrogens (tertiary/aromatic N) is 3. The third kappa shape index (κ3) is 3.77. The normalized spacial score (nSPS) is 13.5. The molecule has 0 saturated carbocycles. The second kappa shape index (κ2) is 7.28. The lowest BCUT2D eigenvalue weighted by Gasteiger charge is -2.18. The van der Waals surface area contributed by atoms with Crippen LogP contribution in [0.4, 0.5) is 0 Å². The van der Waals surface area contributed by atoms with Gasteiger partial charge in [-0.05, 0) is 38.3 Å². The molecule has 1 unspecified atom stereocenters. The molecule has 0 aromatic carbocycles. The molecule has 3 N–H and O–H groups in total. The van der Waals surface area contributed by atoms with E-state index in [1.807, 2.05) is 13.8 Å². The number of ether oxygens (including phenoxy) is 1. The summed E-state index contributed by atoms with van der Waals surface area (Å²) in [4.78, 5) is 27.4. The number of amides is 1. The summed E-state index contributed by atoms with van der Waals surface area (Å²) in [6.45, 7) is 4.58. The first-order valence-corrected chi connectivity index (χ1v) is 8.17. The van der Waals surface area contributed by atoms with E-state index < -0.39 is 11.6 Å². The van der Waals surface area contributed by atoms with E-state index in [9.17, 15) is 14.7 Å². The van der Waals surface area contributed by atoms with Crippen LogP contribution in [0.2, 0.25) is 0 Å². The maximum absolute atomic E-state index is 12.0. The fraction of sp³-hybridized carbons (Fsp3) is 0.529. The second-order valence-electron chi connectivity index (χ2n) is 6.49. The molecule has 0 fully saturated rings. The number of aromatic nitrogens is 3. The highest BCUT2D eigenvalue weighted by atomic mass is 16.5. The molecule has 0 spiro atoms. The first-order valence-electron chi connectivity index (χ1n) is 8.17. The highest BCUT2D eigenvalue weighted by Gasteiger charge is 2.30. The van der Waals surface area contributed by atoms with E-state index in [4.69, 9.17) is 9.84 Å². The van der Waals surface area contributed by atoms with Crippen LogP contribution in [0, 0.1) is 13.8 Å². The highest BCUT2D eigenvalue weighted by Crippen LogP contribution is 2.30. The zero-order chi connectivity index (χ0) is 19.6. The van der Waals surface area contributed by atoms with Gasteiger partial charge in [0.25, 0.3) is 0 Å². The van der Waals surface area contributed by atoms with Gasteiger partial charge in [0.05, 0.1) is 19.0 Å². The number of aryl methyl sites for hydroxylation is 3. The van der Waals surface area contributed by atoms with Crippen molar-refractivity contribution in [1.82, 2.24) is 20.1 Å². The summed E-state index contributed by atoms with van der Waals surface area (Å²) in [6.07, 6.45) is 0.576. The maximum Gasteiger partial charge on any atom is 0.337 e. The number of aliphatic hydroxyl groups is 1. The summed E-state index contributed by atoms with van der Waals surface area (Å²) < 4.78 is 6.96. The Bertz CT molecular complexity index is 857. The van der Waals surface area contributed by atoms with Crippen molar-refractivity contribution in [2.45, 2.75) is 39.2 Å². The van der Waals surface area contributed by atoms with E-state index in [2.05, 4.69) is 15.4 Å². The molecule has 1 amide bonds. The molecule has 0 aliphatic heterocycles. The lowest BCUT2D eigenvalue weighted by atomic mass is 10.00. The van der Waals surface area contributed by atoms with Gasteiger partial charge in [-0.1, -0.05) is 0 Å². The Hall–Kier alpha value is -2.68. The van der Waals surface area contributed by atoms with E-state index in [1.165, 1.54) is 0 Å². The van der Waals surface area contributed by atoms with Gasteiger partial charge in [0.2, 0.25) is 11.8 Å². The summed E-state index contributed by atoms with van der Waals surface area (Å²) in [5.41, 5.74) is 1.38. The minimum atomic E-state index is -2.00. The van der Waals surface area contributed by atoms with Crippen LogP contribution in [-0.4, -0.2) is 56.1 Å². The number of pyridine rings is 1. The van der Waals surface area contributed by atoms with Gasteiger partial charge in [-0.15, -0.1) is 5.10 Å². The molecule has 9 nitrogen and oxygen atoms in total. The first kappa shape index (κ1) is 19.6. The molecule has 2 aromatic rings. The summed E-state index contributed by atoms with van der Waals surface area (Å²) in [6, 6.07) is 0. The Morgan fingerprint density at radius 1 is 1.35 bits per heavy atom. The van der Waals surface area contributed by atoms with Crippen LogP contribution in [-0.2, 0) is 23.1 Å². The number of rotatable bonds is 7. The molecule has 1 atom stereocenters. The van der Waals surface area contributed by atoms with Crippen molar-refractivity contribution in [1.29, 1.82) is 0 Å². The van der Waals surface area contributed by atoms with E-state index in [1.54, 1.807) is 18.8 Å². The van der Waals surface area contributed by atoms with Gasteiger partial charge in [-0.3, -0.25) is 4.79 Å². The summed E-state index contributed by atoms with van der Waals surface area (Å²) in [5, 5.41) is 26.0. The molecular weight excluding hydrogens is 340 g/mol. The Balaban J connectivity index is 2.16. The first-order chi connectivity index (χ1) is 12.1. The van der Waals surface area contributed by atoms with Crippen molar-refractivity contribution >= 4 is 22.9 Å². The Kier molecular flexibility index (Phi) is 5.50. The Morgan fingerprint density at radius 3 is 2.58 bits per heavy atom. The van der Waals surface area contributed by atoms with Crippen LogP contribution >= 0.6 is 0 Å². The number of methoxy groups -OCH3 is 1. The SMILES string of the molecule is COc1nn(C)c2nc(C)c(CCC(=O)NCC(C)(O)C(=O)O)c(C)c12. The quantitative estimate of drug-likeness (QED) is 0.652. The lowest BCUT2D eigenvalue weighted by Crippen LogP contribution is -2.46. The number of nitrogens with one attached hydrogen (secondary N) is 1. The summed E-state index contributed by atoms with van der Waals surface area (Å²) in [5.74, 6) is -1.25. The standard InChI is InChI=1S/C17H24N4O5/c1-9-11(6-7-12(22)18-8-17(3,25)16(23)24)10(2)19-14-13(9)15(26-5)20-21(14)4/h25H,6-8H2,1-5H3,(H,18,22)(H,23,24). The fourth-order valence-electron chi connectivity index (χ4n) is 2.78. The molecule has 0 bridgehead atoms. The molecule has 0 aliphatic carbocycles. The monoisotopic (exact) mass is 364 g/mol. The average Bonchev–Trinajstić information content (AvgIpc) is 2.88. The van der Waals surface area contributed by atoms with E-state index in [-0.39, 0.29) is 18.9 Å². The second-order valence-corrected chi connectivity index (χ2v) is 6.49. The predicted octanol–water partition coefficient (Wildman–Crippen LogP) is 0.478. The van der Waals surface area contributed by atoms with Crippen molar-refractivity contribution in [3.63, 3.8) is 0 Å². The molecule has 0 radical (unpaired) electrons. The Morgan fingerprint density at radius 2 is 2.00 bits per heavy atom. The van der Waals surface area contributed by atoms with Crippen LogP contribution in [0.25, 0.3) is 11.0 Å². The minimum Gasteiger partial charge on any atom is -0.479 e. The number of fused-ring (bicyclic) bond motifs is 1. The Labute approximate surface area is 151 Å². The van der Waals surface area contributed by atoms with Crippen molar-refractivity contribution in [2.24, 2.45) is 7.05 Å². The number of hydrogen-bond donors (Lipinski definition) is 3. The van der Waals surface area contributed by atoms with Gasteiger partial charge in [0, 0.05) is 19.2 Å². The third-order valence-electron chi connectivity index (χ3n) is 4.41. The summed E-state index contributed by atoms with van der Waals surface area (Å²) >= 11 is 0. The molecule has 9 heteroatoms. The van der Waals surface area contributed by atoms with Crippen molar-refractivity contribution in [3.8, 4) is 5.88 Å². The van der Waals surface area contributed by atoms with Crippen molar-refractivity contribution < 1.29 is 24.5 Å². The molecule has 2 aromatic heterocycles. The average molecular weight is 364 g/mol. The topological polar surface area (TPSA) is 127 Å². The molecule has 26 heavy (non-hydrogen) atoms. The number of hydrogen-bond acceptors (Lipinski definition) is 6. The van der Waals surface area contributed by atoms with Crippen LogP contribution in [0.5, 0.6) is 5.88 Å². The number of carboxylic acid groups (broad SMARTS) is 1. The predicted molar refractivity (Wildman–Crippen MR) is 94.1 cm³/mol. The van der Waals surface area contributed by atoms with E-state index in [0.29, 0.717) is 17.9 Å².